The monoisotopic (exact) mass is 312 g/mol. The van der Waals surface area contributed by atoms with E-state index in [4.69, 9.17) is 5.73 Å². The van der Waals surface area contributed by atoms with Crippen LogP contribution in [0.5, 0.6) is 0 Å². The second-order valence-corrected chi connectivity index (χ2v) is 7.05. The standard InChI is InChI=1S/C18H24N4O/c1-18(2,3)21-9-7-15(8-10-21)22-11-6-13-12-14(20-17(19)23)4-5-16(13)22/h4-7,9,11-12,15H,8,10H2,1-3H3,(H3,19,20,23). The van der Waals surface area contributed by atoms with E-state index in [1.54, 1.807) is 0 Å². The lowest BCUT2D eigenvalue weighted by Gasteiger charge is -2.38. The highest BCUT2D eigenvalue weighted by Crippen LogP contribution is 2.29. The Bertz CT molecular complexity index is 754. The van der Waals surface area contributed by atoms with Crippen molar-refractivity contribution in [2.24, 2.45) is 5.73 Å². The van der Waals surface area contributed by atoms with Crippen LogP contribution < -0.4 is 11.1 Å². The van der Waals surface area contributed by atoms with E-state index in [9.17, 15) is 4.79 Å². The molecule has 3 rings (SSSR count). The Hall–Kier alpha value is -2.43. The number of fused-ring (bicyclic) bond motifs is 1. The number of aromatic nitrogens is 1. The van der Waals surface area contributed by atoms with E-state index in [1.165, 1.54) is 5.52 Å². The Labute approximate surface area is 136 Å². The highest BCUT2D eigenvalue weighted by Gasteiger charge is 2.23. The predicted octanol–water partition coefficient (Wildman–Crippen LogP) is 3.69. The summed E-state index contributed by atoms with van der Waals surface area (Å²) in [6, 6.07) is 7.76. The van der Waals surface area contributed by atoms with Gasteiger partial charge in [0.2, 0.25) is 0 Å². The van der Waals surface area contributed by atoms with E-state index in [0.717, 1.165) is 24.0 Å². The molecule has 1 aromatic carbocycles. The number of primary amides is 1. The second kappa shape index (κ2) is 5.65. The molecule has 2 amide bonds. The van der Waals surface area contributed by atoms with Crippen LogP contribution in [0.2, 0.25) is 0 Å². The molecular formula is C18H24N4O. The van der Waals surface area contributed by atoms with Crippen LogP contribution in [0, 0.1) is 0 Å². The van der Waals surface area contributed by atoms with E-state index in [0.29, 0.717) is 6.04 Å². The number of amides is 2. The van der Waals surface area contributed by atoms with Gasteiger partial charge in [-0.15, -0.1) is 0 Å². The maximum absolute atomic E-state index is 11.0. The summed E-state index contributed by atoms with van der Waals surface area (Å²) in [6.07, 6.45) is 7.67. The summed E-state index contributed by atoms with van der Waals surface area (Å²) < 4.78 is 2.29. The van der Waals surface area contributed by atoms with Crippen molar-refractivity contribution in [1.82, 2.24) is 9.47 Å². The maximum Gasteiger partial charge on any atom is 0.316 e. The number of rotatable bonds is 2. The van der Waals surface area contributed by atoms with Gasteiger partial charge in [-0.2, -0.15) is 0 Å². The number of urea groups is 1. The average molecular weight is 312 g/mol. The van der Waals surface area contributed by atoms with Gasteiger partial charge in [0.15, 0.2) is 0 Å². The first kappa shape index (κ1) is 15.5. The van der Waals surface area contributed by atoms with Crippen LogP contribution in [-0.4, -0.2) is 27.6 Å². The quantitative estimate of drug-likeness (QED) is 0.888. The van der Waals surface area contributed by atoms with Crippen molar-refractivity contribution >= 4 is 22.6 Å². The summed E-state index contributed by atoms with van der Waals surface area (Å²) in [5.74, 6) is 0. The largest absolute Gasteiger partial charge is 0.373 e. The number of allylic oxidation sites excluding steroid dienone is 1. The molecule has 3 N–H and O–H groups in total. The molecular weight excluding hydrogens is 288 g/mol. The van der Waals surface area contributed by atoms with Crippen molar-refractivity contribution < 1.29 is 4.79 Å². The van der Waals surface area contributed by atoms with Crippen molar-refractivity contribution in [3.05, 3.63) is 42.7 Å². The minimum atomic E-state index is -0.540. The van der Waals surface area contributed by atoms with Crippen molar-refractivity contribution in [1.29, 1.82) is 0 Å². The molecule has 0 radical (unpaired) electrons. The van der Waals surface area contributed by atoms with E-state index >= 15 is 0 Å². The molecule has 5 nitrogen and oxygen atoms in total. The minimum absolute atomic E-state index is 0.162. The summed E-state index contributed by atoms with van der Waals surface area (Å²) in [7, 11) is 0. The Morgan fingerprint density at radius 3 is 2.70 bits per heavy atom. The normalized spacial score (nSPS) is 18.4. The molecule has 1 unspecified atom stereocenters. The first-order valence-corrected chi connectivity index (χ1v) is 7.97. The predicted molar refractivity (Wildman–Crippen MR) is 94.4 cm³/mol. The summed E-state index contributed by atoms with van der Waals surface area (Å²) in [5.41, 5.74) is 7.22. The van der Waals surface area contributed by atoms with Gasteiger partial charge in [0.05, 0.1) is 6.04 Å². The molecule has 1 atom stereocenters. The van der Waals surface area contributed by atoms with Crippen molar-refractivity contribution in [3.63, 3.8) is 0 Å². The number of nitrogens with zero attached hydrogens (tertiary/aromatic N) is 2. The number of nitrogens with one attached hydrogen (secondary N) is 1. The molecule has 1 aliphatic rings. The third-order valence-corrected chi connectivity index (χ3v) is 4.36. The third kappa shape index (κ3) is 3.18. The lowest BCUT2D eigenvalue weighted by molar-refractivity contribution is 0.185. The zero-order valence-electron chi connectivity index (χ0n) is 13.9. The van der Waals surface area contributed by atoms with Crippen molar-refractivity contribution in [3.8, 4) is 0 Å². The fraction of sp³-hybridized carbons (Fsp3) is 0.389. The minimum Gasteiger partial charge on any atom is -0.373 e. The van der Waals surface area contributed by atoms with E-state index in [-0.39, 0.29) is 5.54 Å². The molecule has 1 aliphatic heterocycles. The molecule has 2 aromatic rings. The highest BCUT2D eigenvalue weighted by molar-refractivity contribution is 5.92. The van der Waals surface area contributed by atoms with Gasteiger partial charge in [-0.1, -0.05) is 0 Å². The molecule has 2 heterocycles. The van der Waals surface area contributed by atoms with Gasteiger partial charge in [0, 0.05) is 34.9 Å². The number of carbonyl (C=O) groups excluding carboxylic acids is 1. The molecule has 23 heavy (non-hydrogen) atoms. The van der Waals surface area contributed by atoms with E-state index < -0.39 is 6.03 Å². The smallest absolute Gasteiger partial charge is 0.316 e. The highest BCUT2D eigenvalue weighted by atomic mass is 16.2. The van der Waals surface area contributed by atoms with Gasteiger partial charge in [0.1, 0.15) is 0 Å². The zero-order valence-corrected chi connectivity index (χ0v) is 13.9. The zero-order chi connectivity index (χ0) is 16.6. The summed E-state index contributed by atoms with van der Waals surface area (Å²) in [4.78, 5) is 13.3. The molecule has 0 fully saturated rings. The van der Waals surface area contributed by atoms with Gasteiger partial charge in [-0.25, -0.2) is 4.79 Å². The molecule has 122 valence electrons. The molecule has 0 aliphatic carbocycles. The number of benzene rings is 1. The SMILES string of the molecule is CC(C)(C)N1C=CC(n2ccc3cc(NC(N)=O)ccc32)CC1. The third-order valence-electron chi connectivity index (χ3n) is 4.36. The van der Waals surface area contributed by atoms with Gasteiger partial charge in [-0.3, -0.25) is 0 Å². The van der Waals surface area contributed by atoms with Gasteiger partial charge >= 0.3 is 6.03 Å². The lowest BCUT2D eigenvalue weighted by atomic mass is 10.0. The molecule has 0 saturated heterocycles. The first-order valence-electron chi connectivity index (χ1n) is 7.97. The van der Waals surface area contributed by atoms with Gasteiger partial charge in [-0.05, 0) is 63.7 Å². The molecule has 0 spiro atoms. The van der Waals surface area contributed by atoms with Crippen LogP contribution in [0.15, 0.2) is 42.7 Å². The Morgan fingerprint density at radius 2 is 2.09 bits per heavy atom. The average Bonchev–Trinajstić information content (AvgIpc) is 2.89. The number of hydrogen-bond donors (Lipinski definition) is 2. The van der Waals surface area contributed by atoms with Gasteiger partial charge in [0.25, 0.3) is 0 Å². The maximum atomic E-state index is 11.0. The van der Waals surface area contributed by atoms with Crippen LogP contribution >= 0.6 is 0 Å². The Kier molecular flexibility index (Phi) is 3.80. The van der Waals surface area contributed by atoms with Crippen molar-refractivity contribution in [2.45, 2.75) is 38.8 Å². The van der Waals surface area contributed by atoms with Crippen molar-refractivity contribution in [2.75, 3.05) is 11.9 Å². The second-order valence-electron chi connectivity index (χ2n) is 7.05. The van der Waals surface area contributed by atoms with Crippen LogP contribution in [0.4, 0.5) is 10.5 Å². The fourth-order valence-corrected chi connectivity index (χ4v) is 3.11. The molecule has 0 saturated carbocycles. The van der Waals surface area contributed by atoms with Crippen LogP contribution in [0.1, 0.15) is 33.2 Å². The van der Waals surface area contributed by atoms with E-state index in [1.807, 2.05) is 18.2 Å². The Morgan fingerprint density at radius 1 is 1.30 bits per heavy atom. The van der Waals surface area contributed by atoms with Crippen LogP contribution in [0.3, 0.4) is 0 Å². The number of anilines is 1. The molecule has 0 bridgehead atoms. The van der Waals surface area contributed by atoms with Crippen LogP contribution in [0.25, 0.3) is 10.9 Å². The number of nitrogens with two attached hydrogens (primary N) is 1. The van der Waals surface area contributed by atoms with Crippen LogP contribution in [-0.2, 0) is 0 Å². The molecule has 1 aromatic heterocycles. The lowest BCUT2D eigenvalue weighted by Crippen LogP contribution is -2.40. The summed E-state index contributed by atoms with van der Waals surface area (Å²) >= 11 is 0. The van der Waals surface area contributed by atoms with E-state index in [2.05, 4.69) is 60.1 Å². The summed E-state index contributed by atoms with van der Waals surface area (Å²) in [6.45, 7) is 7.74. The van der Waals surface area contributed by atoms with Gasteiger partial charge < -0.3 is 20.5 Å². The number of carbonyl (C=O) groups is 1. The fourth-order valence-electron chi connectivity index (χ4n) is 3.11. The Balaban J connectivity index is 1.86. The first-order chi connectivity index (χ1) is 10.8. The number of hydrogen-bond acceptors (Lipinski definition) is 2. The summed E-state index contributed by atoms with van der Waals surface area (Å²) in [5, 5.41) is 3.72. The topological polar surface area (TPSA) is 63.3 Å². The molecule has 5 heteroatoms.